The van der Waals surface area contributed by atoms with Crippen LogP contribution in [0.2, 0.25) is 0 Å². The van der Waals surface area contributed by atoms with Crippen molar-refractivity contribution in [2.75, 3.05) is 37.0 Å². The van der Waals surface area contributed by atoms with Gasteiger partial charge in [0.25, 0.3) is 10.0 Å². The van der Waals surface area contributed by atoms with E-state index in [0.29, 0.717) is 18.8 Å². The van der Waals surface area contributed by atoms with Gasteiger partial charge in [-0.15, -0.1) is 0 Å². The van der Waals surface area contributed by atoms with Crippen molar-refractivity contribution < 1.29 is 13.2 Å². The zero-order valence-electron chi connectivity index (χ0n) is 19.1. The molecule has 0 unspecified atom stereocenters. The van der Waals surface area contributed by atoms with E-state index in [1.807, 2.05) is 25.1 Å². The Morgan fingerprint density at radius 1 is 0.882 bits per heavy atom. The third-order valence-corrected chi connectivity index (χ3v) is 8.29. The van der Waals surface area contributed by atoms with Crippen molar-refractivity contribution in [2.24, 2.45) is 0 Å². The standard InChI is InChI=1S/C26H28BrN3O3S/c1-21-7-13-25(14-8-21)34(32,33)30(24-11-9-23(27)10-12-24)20-26(31)29-17-15-28(16-18-29)19-22-5-3-2-4-6-22/h2-14H,15-20H2,1H3. The van der Waals surface area contributed by atoms with Gasteiger partial charge in [0.05, 0.1) is 10.6 Å². The minimum Gasteiger partial charge on any atom is -0.339 e. The molecular weight excluding hydrogens is 514 g/mol. The van der Waals surface area contributed by atoms with E-state index in [4.69, 9.17) is 0 Å². The average molecular weight is 542 g/mol. The second-order valence-electron chi connectivity index (χ2n) is 8.44. The maximum Gasteiger partial charge on any atom is 0.264 e. The van der Waals surface area contributed by atoms with Gasteiger partial charge in [-0.2, -0.15) is 0 Å². The molecule has 1 aliphatic heterocycles. The molecule has 1 saturated heterocycles. The highest BCUT2D eigenvalue weighted by Crippen LogP contribution is 2.26. The number of sulfonamides is 1. The topological polar surface area (TPSA) is 60.9 Å². The molecule has 178 valence electrons. The first-order chi connectivity index (χ1) is 16.3. The summed E-state index contributed by atoms with van der Waals surface area (Å²) in [5.74, 6) is -0.196. The number of piperazine rings is 1. The van der Waals surface area contributed by atoms with Gasteiger partial charge in [-0.25, -0.2) is 8.42 Å². The van der Waals surface area contributed by atoms with Crippen molar-refractivity contribution in [1.82, 2.24) is 9.80 Å². The summed E-state index contributed by atoms with van der Waals surface area (Å²) in [4.78, 5) is 17.5. The highest BCUT2D eigenvalue weighted by Gasteiger charge is 2.30. The molecule has 0 atom stereocenters. The number of aryl methyl sites for hydroxylation is 1. The lowest BCUT2D eigenvalue weighted by Gasteiger charge is -2.36. The number of hydrogen-bond acceptors (Lipinski definition) is 4. The summed E-state index contributed by atoms with van der Waals surface area (Å²) < 4.78 is 29.1. The highest BCUT2D eigenvalue weighted by molar-refractivity contribution is 9.10. The fourth-order valence-electron chi connectivity index (χ4n) is 3.98. The molecule has 3 aromatic rings. The van der Waals surface area contributed by atoms with Crippen LogP contribution in [0.4, 0.5) is 5.69 Å². The van der Waals surface area contributed by atoms with Gasteiger partial charge < -0.3 is 4.90 Å². The van der Waals surface area contributed by atoms with Crippen LogP contribution in [0.5, 0.6) is 0 Å². The van der Waals surface area contributed by atoms with Gasteiger partial charge in [0, 0.05) is 37.2 Å². The number of carbonyl (C=O) groups excluding carboxylic acids is 1. The number of hydrogen-bond donors (Lipinski definition) is 0. The predicted octanol–water partition coefficient (Wildman–Crippen LogP) is 4.30. The molecule has 0 bridgehead atoms. The fraction of sp³-hybridized carbons (Fsp3) is 0.269. The van der Waals surface area contributed by atoms with Crippen LogP contribution in [0.25, 0.3) is 0 Å². The fourth-order valence-corrected chi connectivity index (χ4v) is 5.66. The van der Waals surface area contributed by atoms with E-state index < -0.39 is 10.0 Å². The largest absolute Gasteiger partial charge is 0.339 e. The Kier molecular flexibility index (Phi) is 7.70. The molecule has 4 rings (SSSR count). The van der Waals surface area contributed by atoms with Crippen LogP contribution in [-0.2, 0) is 21.4 Å². The van der Waals surface area contributed by atoms with Crippen LogP contribution in [0, 0.1) is 6.92 Å². The summed E-state index contributed by atoms with van der Waals surface area (Å²) in [5.41, 5.74) is 2.67. The highest BCUT2D eigenvalue weighted by atomic mass is 79.9. The summed E-state index contributed by atoms with van der Waals surface area (Å²) in [6, 6.07) is 23.9. The predicted molar refractivity (Wildman–Crippen MR) is 138 cm³/mol. The molecular formula is C26H28BrN3O3S. The molecule has 1 amide bonds. The van der Waals surface area contributed by atoms with Gasteiger partial charge in [0.2, 0.25) is 5.91 Å². The minimum atomic E-state index is -3.91. The first kappa shape index (κ1) is 24.4. The maximum absolute atomic E-state index is 13.5. The van der Waals surface area contributed by atoms with E-state index in [2.05, 4.69) is 33.0 Å². The van der Waals surface area contributed by atoms with Crippen molar-refractivity contribution in [3.05, 3.63) is 94.5 Å². The Morgan fingerprint density at radius 3 is 2.12 bits per heavy atom. The lowest BCUT2D eigenvalue weighted by molar-refractivity contribution is -0.131. The lowest BCUT2D eigenvalue weighted by atomic mass is 10.2. The zero-order chi connectivity index (χ0) is 24.1. The average Bonchev–Trinajstić information content (AvgIpc) is 2.84. The molecule has 0 spiro atoms. The van der Waals surface area contributed by atoms with Crippen molar-refractivity contribution in [1.29, 1.82) is 0 Å². The van der Waals surface area contributed by atoms with Crippen LogP contribution in [-0.4, -0.2) is 56.8 Å². The van der Waals surface area contributed by atoms with Crippen molar-refractivity contribution in [2.45, 2.75) is 18.4 Å². The molecule has 6 nitrogen and oxygen atoms in total. The Labute approximate surface area is 210 Å². The van der Waals surface area contributed by atoms with Gasteiger partial charge in [0.1, 0.15) is 6.54 Å². The van der Waals surface area contributed by atoms with Crippen LogP contribution in [0.15, 0.2) is 88.2 Å². The Morgan fingerprint density at radius 2 is 1.50 bits per heavy atom. The molecule has 0 aromatic heterocycles. The first-order valence-corrected chi connectivity index (χ1v) is 13.5. The third kappa shape index (κ3) is 5.87. The molecule has 0 N–H and O–H groups in total. The summed E-state index contributed by atoms with van der Waals surface area (Å²) in [6.45, 7) is 5.16. The third-order valence-electron chi connectivity index (χ3n) is 5.98. The van der Waals surface area contributed by atoms with E-state index in [9.17, 15) is 13.2 Å². The van der Waals surface area contributed by atoms with Gasteiger partial charge in [-0.1, -0.05) is 64.0 Å². The van der Waals surface area contributed by atoms with E-state index in [1.165, 1.54) is 9.87 Å². The first-order valence-electron chi connectivity index (χ1n) is 11.2. The molecule has 8 heteroatoms. The second kappa shape index (κ2) is 10.7. The smallest absolute Gasteiger partial charge is 0.264 e. The van der Waals surface area contributed by atoms with Gasteiger partial charge in [-0.05, 0) is 48.9 Å². The minimum absolute atomic E-state index is 0.168. The number of amides is 1. The van der Waals surface area contributed by atoms with E-state index in [0.717, 1.165) is 29.7 Å². The van der Waals surface area contributed by atoms with E-state index >= 15 is 0 Å². The van der Waals surface area contributed by atoms with E-state index in [1.54, 1.807) is 53.4 Å². The molecule has 0 saturated carbocycles. The number of halogens is 1. The lowest BCUT2D eigenvalue weighted by Crippen LogP contribution is -2.51. The van der Waals surface area contributed by atoms with Crippen molar-refractivity contribution >= 4 is 37.5 Å². The second-order valence-corrected chi connectivity index (χ2v) is 11.2. The molecule has 1 heterocycles. The summed E-state index contributed by atoms with van der Waals surface area (Å²) >= 11 is 3.39. The van der Waals surface area contributed by atoms with Crippen LogP contribution in [0.1, 0.15) is 11.1 Å². The van der Waals surface area contributed by atoms with Crippen molar-refractivity contribution in [3.63, 3.8) is 0 Å². The molecule has 0 aliphatic carbocycles. The monoisotopic (exact) mass is 541 g/mol. The van der Waals surface area contributed by atoms with Crippen LogP contribution in [0.3, 0.4) is 0 Å². The van der Waals surface area contributed by atoms with Crippen LogP contribution < -0.4 is 4.31 Å². The molecule has 3 aromatic carbocycles. The number of benzene rings is 3. The Hall–Kier alpha value is -2.68. The number of anilines is 1. The quantitative estimate of drug-likeness (QED) is 0.447. The molecule has 1 fully saturated rings. The van der Waals surface area contributed by atoms with Crippen molar-refractivity contribution in [3.8, 4) is 0 Å². The summed E-state index contributed by atoms with van der Waals surface area (Å²) in [7, 11) is -3.91. The van der Waals surface area contributed by atoms with Gasteiger partial charge in [0.15, 0.2) is 0 Å². The van der Waals surface area contributed by atoms with E-state index in [-0.39, 0.29) is 17.3 Å². The number of carbonyl (C=O) groups is 1. The molecule has 1 aliphatic rings. The normalized spacial score (nSPS) is 14.7. The molecule has 0 radical (unpaired) electrons. The number of rotatable bonds is 7. The number of nitrogens with zero attached hydrogens (tertiary/aromatic N) is 3. The summed E-state index contributed by atoms with van der Waals surface area (Å²) in [5, 5.41) is 0. The van der Waals surface area contributed by atoms with Gasteiger partial charge >= 0.3 is 0 Å². The Bertz CT molecular complexity index is 1210. The Balaban J connectivity index is 1.48. The van der Waals surface area contributed by atoms with Gasteiger partial charge in [-0.3, -0.25) is 14.0 Å². The van der Waals surface area contributed by atoms with Crippen LogP contribution >= 0.6 is 15.9 Å². The zero-order valence-corrected chi connectivity index (χ0v) is 21.5. The summed E-state index contributed by atoms with van der Waals surface area (Å²) in [6.07, 6.45) is 0. The molecule has 34 heavy (non-hydrogen) atoms. The SMILES string of the molecule is Cc1ccc(S(=O)(=O)N(CC(=O)N2CCN(Cc3ccccc3)CC2)c2ccc(Br)cc2)cc1. The maximum atomic E-state index is 13.5.